The van der Waals surface area contributed by atoms with Crippen LogP contribution in [0, 0.1) is 18.3 Å². The van der Waals surface area contributed by atoms with E-state index >= 15 is 0 Å². The van der Waals surface area contributed by atoms with Crippen molar-refractivity contribution in [1.82, 2.24) is 4.90 Å². The lowest BCUT2D eigenvalue weighted by molar-refractivity contribution is -0.143. The number of benzene rings is 1. The van der Waals surface area contributed by atoms with Gasteiger partial charge >= 0.3 is 0 Å². The molecule has 0 unspecified atom stereocenters. The van der Waals surface area contributed by atoms with E-state index in [-0.39, 0.29) is 11.8 Å². The fourth-order valence-electron chi connectivity index (χ4n) is 3.19. The van der Waals surface area contributed by atoms with Crippen LogP contribution in [-0.2, 0) is 9.59 Å². The van der Waals surface area contributed by atoms with Crippen LogP contribution in [-0.4, -0.2) is 29.8 Å². The van der Waals surface area contributed by atoms with Crippen LogP contribution in [0.2, 0.25) is 0 Å². The van der Waals surface area contributed by atoms with E-state index in [4.69, 9.17) is 0 Å². The molecule has 2 amide bonds. The minimum atomic E-state index is -0.819. The molecular formula is C18H23BrN2O2. The lowest BCUT2D eigenvalue weighted by Crippen LogP contribution is -2.46. The molecule has 0 aromatic heterocycles. The third-order valence-electron chi connectivity index (χ3n) is 5.10. The predicted octanol–water partition coefficient (Wildman–Crippen LogP) is 3.73. The fourth-order valence-corrected chi connectivity index (χ4v) is 3.66. The van der Waals surface area contributed by atoms with E-state index in [0.717, 1.165) is 41.7 Å². The molecule has 1 aromatic carbocycles. The van der Waals surface area contributed by atoms with Crippen LogP contribution >= 0.6 is 15.9 Å². The van der Waals surface area contributed by atoms with Gasteiger partial charge in [-0.05, 0) is 62.3 Å². The van der Waals surface area contributed by atoms with Crippen molar-refractivity contribution in [2.24, 2.45) is 11.3 Å². The first-order valence-electron chi connectivity index (χ1n) is 8.29. The third kappa shape index (κ3) is 3.30. The average molecular weight is 379 g/mol. The first-order chi connectivity index (χ1) is 10.9. The number of amides is 2. The number of carbonyl (C=O) groups is 2. The highest BCUT2D eigenvalue weighted by Crippen LogP contribution is 2.48. The molecule has 1 aliphatic heterocycles. The lowest BCUT2D eigenvalue weighted by Gasteiger charge is -2.32. The highest BCUT2D eigenvalue weighted by atomic mass is 79.9. The van der Waals surface area contributed by atoms with Gasteiger partial charge in [0.1, 0.15) is 5.41 Å². The molecule has 0 bridgehead atoms. The molecule has 1 N–H and O–H groups in total. The number of halogens is 1. The molecule has 4 nitrogen and oxygen atoms in total. The van der Waals surface area contributed by atoms with Gasteiger partial charge in [0.25, 0.3) is 0 Å². The summed E-state index contributed by atoms with van der Waals surface area (Å²) in [5.74, 6) is 0.552. The topological polar surface area (TPSA) is 49.4 Å². The van der Waals surface area contributed by atoms with E-state index in [2.05, 4.69) is 28.2 Å². The van der Waals surface area contributed by atoms with Gasteiger partial charge in [-0.25, -0.2) is 0 Å². The van der Waals surface area contributed by atoms with Gasteiger partial charge in [0, 0.05) is 23.2 Å². The van der Waals surface area contributed by atoms with Gasteiger partial charge < -0.3 is 10.2 Å². The summed E-state index contributed by atoms with van der Waals surface area (Å²) in [6.45, 7) is 5.74. The summed E-state index contributed by atoms with van der Waals surface area (Å²) in [6, 6.07) is 5.74. The zero-order valence-electron chi connectivity index (χ0n) is 13.7. The first kappa shape index (κ1) is 16.5. The largest absolute Gasteiger partial charge is 0.342 e. The van der Waals surface area contributed by atoms with E-state index < -0.39 is 5.41 Å². The van der Waals surface area contributed by atoms with Crippen LogP contribution in [0.15, 0.2) is 22.7 Å². The molecule has 0 atom stereocenters. The second kappa shape index (κ2) is 6.27. The molecule has 0 radical (unpaired) electrons. The summed E-state index contributed by atoms with van der Waals surface area (Å²) in [6.07, 6.45) is 3.41. The Bertz CT molecular complexity index is 632. The second-order valence-electron chi connectivity index (χ2n) is 6.97. The number of nitrogens with one attached hydrogen (secondary N) is 1. The molecule has 23 heavy (non-hydrogen) atoms. The highest BCUT2D eigenvalue weighted by Gasteiger charge is 2.58. The quantitative estimate of drug-likeness (QED) is 0.814. The summed E-state index contributed by atoms with van der Waals surface area (Å²) in [4.78, 5) is 27.4. The van der Waals surface area contributed by atoms with Gasteiger partial charge in [0.15, 0.2) is 0 Å². The number of likely N-dealkylation sites (tertiary alicyclic amines) is 1. The Labute approximate surface area is 145 Å². The second-order valence-corrected chi connectivity index (χ2v) is 7.89. The predicted molar refractivity (Wildman–Crippen MR) is 94.2 cm³/mol. The highest BCUT2D eigenvalue weighted by molar-refractivity contribution is 9.10. The number of aryl methyl sites for hydroxylation is 1. The average Bonchev–Trinajstić information content (AvgIpc) is 3.32. The molecule has 1 aliphatic carbocycles. The van der Waals surface area contributed by atoms with E-state index in [1.54, 1.807) is 0 Å². The number of anilines is 1. The smallest absolute Gasteiger partial charge is 0.240 e. The van der Waals surface area contributed by atoms with Crippen molar-refractivity contribution in [2.45, 2.75) is 39.5 Å². The van der Waals surface area contributed by atoms with E-state index in [1.807, 2.05) is 30.0 Å². The van der Waals surface area contributed by atoms with E-state index in [0.29, 0.717) is 18.8 Å². The molecule has 3 rings (SSSR count). The van der Waals surface area contributed by atoms with Crippen molar-refractivity contribution in [1.29, 1.82) is 0 Å². The fraction of sp³-hybridized carbons (Fsp3) is 0.556. The summed E-state index contributed by atoms with van der Waals surface area (Å²) < 4.78 is 0.979. The van der Waals surface area contributed by atoms with Crippen molar-refractivity contribution in [3.8, 4) is 0 Å². The van der Waals surface area contributed by atoms with Crippen LogP contribution in [0.25, 0.3) is 0 Å². The van der Waals surface area contributed by atoms with Crippen molar-refractivity contribution in [2.75, 3.05) is 18.4 Å². The summed E-state index contributed by atoms with van der Waals surface area (Å²) in [5.41, 5.74) is 0.951. The normalized spacial score (nSPS) is 20.2. The number of piperidine rings is 1. The van der Waals surface area contributed by atoms with Gasteiger partial charge in [-0.1, -0.05) is 22.9 Å². The Morgan fingerprint density at radius 2 is 1.91 bits per heavy atom. The van der Waals surface area contributed by atoms with E-state index in [1.165, 1.54) is 0 Å². The number of nitrogens with zero attached hydrogens (tertiary/aromatic N) is 1. The van der Waals surface area contributed by atoms with Crippen molar-refractivity contribution >= 4 is 33.4 Å². The number of rotatable bonds is 3. The van der Waals surface area contributed by atoms with Crippen LogP contribution in [0.1, 0.15) is 38.2 Å². The maximum Gasteiger partial charge on any atom is 0.240 e. The first-order valence-corrected chi connectivity index (χ1v) is 9.09. The number of hydrogen-bond donors (Lipinski definition) is 1. The third-order valence-corrected chi connectivity index (χ3v) is 5.59. The standard InChI is InChI=1S/C18H23BrN2O2/c1-12-5-9-21(10-6-12)17(23)18(7-8-18)16(22)20-15-4-3-14(19)11-13(15)2/h3-4,11-12H,5-10H2,1-2H3,(H,20,22). The zero-order chi connectivity index (χ0) is 16.6. The Kier molecular flexibility index (Phi) is 4.50. The molecule has 1 heterocycles. The molecule has 0 spiro atoms. The molecule has 2 fully saturated rings. The van der Waals surface area contributed by atoms with Crippen molar-refractivity contribution in [3.05, 3.63) is 28.2 Å². The van der Waals surface area contributed by atoms with E-state index in [9.17, 15) is 9.59 Å². The van der Waals surface area contributed by atoms with Crippen molar-refractivity contribution < 1.29 is 9.59 Å². The van der Waals surface area contributed by atoms with Crippen LogP contribution in [0.5, 0.6) is 0 Å². The zero-order valence-corrected chi connectivity index (χ0v) is 15.3. The molecule has 124 valence electrons. The minimum absolute atomic E-state index is 0.0247. The molecule has 1 aromatic rings. The number of carbonyl (C=O) groups excluding carboxylic acids is 2. The Morgan fingerprint density at radius 3 is 2.48 bits per heavy atom. The Balaban J connectivity index is 1.70. The molecule has 2 aliphatic rings. The molecule has 1 saturated heterocycles. The Morgan fingerprint density at radius 1 is 1.26 bits per heavy atom. The maximum absolute atomic E-state index is 12.8. The minimum Gasteiger partial charge on any atom is -0.342 e. The van der Waals surface area contributed by atoms with Gasteiger partial charge in [-0.15, -0.1) is 0 Å². The van der Waals surface area contributed by atoms with Gasteiger partial charge in [-0.2, -0.15) is 0 Å². The monoisotopic (exact) mass is 378 g/mol. The molecule has 1 saturated carbocycles. The number of hydrogen-bond acceptors (Lipinski definition) is 2. The lowest BCUT2D eigenvalue weighted by atomic mass is 9.96. The summed E-state index contributed by atoms with van der Waals surface area (Å²) in [7, 11) is 0. The van der Waals surface area contributed by atoms with Gasteiger partial charge in [0.2, 0.25) is 11.8 Å². The molecular weight excluding hydrogens is 356 g/mol. The maximum atomic E-state index is 12.8. The summed E-state index contributed by atoms with van der Waals surface area (Å²) >= 11 is 3.42. The SMILES string of the molecule is Cc1cc(Br)ccc1NC(=O)C1(C(=O)N2CCC(C)CC2)CC1. The Hall–Kier alpha value is -1.36. The van der Waals surface area contributed by atoms with Gasteiger partial charge in [0.05, 0.1) is 0 Å². The van der Waals surface area contributed by atoms with Crippen LogP contribution in [0.4, 0.5) is 5.69 Å². The summed E-state index contributed by atoms with van der Waals surface area (Å²) in [5, 5.41) is 2.96. The van der Waals surface area contributed by atoms with Crippen LogP contribution in [0.3, 0.4) is 0 Å². The van der Waals surface area contributed by atoms with Crippen LogP contribution < -0.4 is 5.32 Å². The molecule has 5 heteroatoms. The van der Waals surface area contributed by atoms with Gasteiger partial charge in [-0.3, -0.25) is 9.59 Å². The van der Waals surface area contributed by atoms with Crippen molar-refractivity contribution in [3.63, 3.8) is 0 Å².